The number of anilines is 2. The van der Waals surface area contributed by atoms with Gasteiger partial charge in [0.25, 0.3) is 0 Å². The maximum atomic E-state index is 12.4. The first-order valence-corrected chi connectivity index (χ1v) is 11.1. The third-order valence-electron chi connectivity index (χ3n) is 4.87. The number of nitrogens with one attached hydrogen (secondary N) is 1. The summed E-state index contributed by atoms with van der Waals surface area (Å²) < 4.78 is 0. The Labute approximate surface area is 196 Å². The molecule has 0 saturated heterocycles. The number of pyridine rings is 1. The van der Waals surface area contributed by atoms with Gasteiger partial charge in [-0.15, -0.1) is 11.8 Å². The number of nitrogen functional groups attached to an aromatic ring is 1. The van der Waals surface area contributed by atoms with E-state index in [2.05, 4.69) is 22.4 Å². The van der Waals surface area contributed by atoms with Crippen molar-refractivity contribution in [3.63, 3.8) is 0 Å². The van der Waals surface area contributed by atoms with Crippen molar-refractivity contribution in [3.8, 4) is 23.3 Å². The predicted molar refractivity (Wildman–Crippen MR) is 128 cm³/mol. The summed E-state index contributed by atoms with van der Waals surface area (Å²) in [7, 11) is 0. The second-order valence-corrected chi connectivity index (χ2v) is 8.57. The van der Waals surface area contributed by atoms with Crippen LogP contribution in [-0.4, -0.2) is 16.6 Å². The molecule has 2 aromatic carbocycles. The Morgan fingerprint density at radius 2 is 1.81 bits per heavy atom. The molecule has 3 N–H and O–H groups in total. The molecular weight excluding hydrogens is 442 g/mol. The van der Waals surface area contributed by atoms with Crippen LogP contribution >= 0.6 is 23.4 Å². The number of hydrogen-bond donors (Lipinski definition) is 2. The number of carbonyl (C=O) groups is 1. The number of amides is 1. The summed E-state index contributed by atoms with van der Waals surface area (Å²) in [5.74, 6) is 0.261. The van der Waals surface area contributed by atoms with E-state index in [1.54, 1.807) is 18.2 Å². The Morgan fingerprint density at radius 1 is 1.12 bits per heavy atom. The fourth-order valence-corrected chi connectivity index (χ4v) is 4.22. The van der Waals surface area contributed by atoms with Gasteiger partial charge in [0.05, 0.1) is 5.56 Å². The molecule has 0 radical (unpaired) electrons. The summed E-state index contributed by atoms with van der Waals surface area (Å²) >= 11 is 7.35. The molecule has 0 aliphatic heterocycles. The number of nitrogens with two attached hydrogens (primary N) is 1. The molecule has 160 valence electrons. The average molecular weight is 462 g/mol. The van der Waals surface area contributed by atoms with Crippen LogP contribution in [0.3, 0.4) is 0 Å². The van der Waals surface area contributed by atoms with Gasteiger partial charge in [-0.25, -0.2) is 4.98 Å². The highest BCUT2D eigenvalue weighted by Gasteiger charge is 2.20. The number of aromatic nitrogens is 1. The molecule has 3 rings (SSSR count). The molecular formula is C24H20ClN5OS. The molecule has 0 fully saturated rings. The summed E-state index contributed by atoms with van der Waals surface area (Å²) in [6, 6.07) is 17.1. The van der Waals surface area contributed by atoms with Gasteiger partial charge in [0, 0.05) is 28.4 Å². The molecule has 8 heteroatoms. The topological polar surface area (TPSA) is 116 Å². The lowest BCUT2D eigenvalue weighted by Gasteiger charge is -2.13. The maximum absolute atomic E-state index is 12.4. The molecule has 3 aromatic rings. The normalized spacial score (nSPS) is 10.3. The standard InChI is InChI=1S/C24H20ClN5OS/c1-14-6-8-16(9-7-14)22-17(12-26)23(28)30-24(18(22)13-27)32-11-10-21(31)29-20-5-3-4-19(25)15(20)2/h3-9H,10-11H2,1-2H3,(H2,28,30)(H,29,31). The molecule has 1 aromatic heterocycles. The molecule has 0 unspecified atom stereocenters. The Morgan fingerprint density at radius 3 is 2.47 bits per heavy atom. The molecule has 0 atom stereocenters. The predicted octanol–water partition coefficient (Wildman–Crippen LogP) is 5.47. The molecule has 6 nitrogen and oxygen atoms in total. The van der Waals surface area contributed by atoms with Crippen molar-refractivity contribution in [1.29, 1.82) is 10.5 Å². The molecule has 32 heavy (non-hydrogen) atoms. The van der Waals surface area contributed by atoms with Crippen LogP contribution in [0.4, 0.5) is 11.5 Å². The van der Waals surface area contributed by atoms with Gasteiger partial charge < -0.3 is 11.1 Å². The van der Waals surface area contributed by atoms with E-state index in [9.17, 15) is 15.3 Å². The van der Waals surface area contributed by atoms with Crippen LogP contribution in [0.5, 0.6) is 0 Å². The van der Waals surface area contributed by atoms with Gasteiger partial charge in [-0.3, -0.25) is 4.79 Å². The molecule has 0 aliphatic carbocycles. The zero-order valence-corrected chi connectivity index (χ0v) is 19.1. The minimum Gasteiger partial charge on any atom is -0.383 e. The first-order valence-electron chi connectivity index (χ1n) is 9.74. The largest absolute Gasteiger partial charge is 0.383 e. The highest BCUT2D eigenvalue weighted by Crippen LogP contribution is 2.36. The number of halogens is 1. The quantitative estimate of drug-likeness (QED) is 0.470. The summed E-state index contributed by atoms with van der Waals surface area (Å²) in [5, 5.41) is 23.3. The van der Waals surface area contributed by atoms with Crippen LogP contribution in [0.1, 0.15) is 28.7 Å². The lowest BCUT2D eigenvalue weighted by atomic mass is 9.96. The van der Waals surface area contributed by atoms with E-state index in [4.69, 9.17) is 17.3 Å². The molecule has 0 bridgehead atoms. The van der Waals surface area contributed by atoms with Crippen LogP contribution in [0, 0.1) is 36.5 Å². The summed E-state index contributed by atoms with van der Waals surface area (Å²) in [6.45, 7) is 3.79. The number of benzene rings is 2. The smallest absolute Gasteiger partial charge is 0.225 e. The fraction of sp³-hybridized carbons (Fsp3) is 0.167. The third kappa shape index (κ3) is 5.03. The minimum atomic E-state index is -0.179. The zero-order valence-electron chi connectivity index (χ0n) is 17.6. The number of aryl methyl sites for hydroxylation is 1. The molecule has 0 spiro atoms. The molecule has 0 saturated carbocycles. The summed E-state index contributed by atoms with van der Waals surface area (Å²) in [5.41, 5.74) is 10.2. The van der Waals surface area contributed by atoms with Gasteiger partial charge in [-0.2, -0.15) is 10.5 Å². The van der Waals surface area contributed by atoms with Crippen molar-refractivity contribution in [2.75, 3.05) is 16.8 Å². The second kappa shape index (κ2) is 10.2. The van der Waals surface area contributed by atoms with Crippen LogP contribution in [0.2, 0.25) is 5.02 Å². The van der Waals surface area contributed by atoms with Gasteiger partial charge in [0.2, 0.25) is 5.91 Å². The van der Waals surface area contributed by atoms with Crippen molar-refractivity contribution >= 4 is 40.8 Å². The zero-order chi connectivity index (χ0) is 23.3. The van der Waals surface area contributed by atoms with Crippen molar-refractivity contribution in [2.24, 2.45) is 0 Å². The Kier molecular flexibility index (Phi) is 7.37. The van der Waals surface area contributed by atoms with Crippen LogP contribution in [-0.2, 0) is 4.79 Å². The number of carbonyl (C=O) groups excluding carboxylic acids is 1. The second-order valence-electron chi connectivity index (χ2n) is 7.08. The Bertz CT molecular complexity index is 1260. The monoisotopic (exact) mass is 461 g/mol. The van der Waals surface area contributed by atoms with Crippen LogP contribution in [0.25, 0.3) is 11.1 Å². The van der Waals surface area contributed by atoms with E-state index in [-0.39, 0.29) is 29.3 Å². The lowest BCUT2D eigenvalue weighted by molar-refractivity contribution is -0.115. The number of nitriles is 2. The van der Waals surface area contributed by atoms with Gasteiger partial charge in [-0.1, -0.05) is 47.5 Å². The highest BCUT2D eigenvalue weighted by atomic mass is 35.5. The van der Waals surface area contributed by atoms with Gasteiger partial charge in [0.15, 0.2) is 0 Å². The van der Waals surface area contributed by atoms with E-state index < -0.39 is 0 Å². The van der Waals surface area contributed by atoms with Crippen molar-refractivity contribution < 1.29 is 4.79 Å². The van der Waals surface area contributed by atoms with E-state index in [0.717, 1.165) is 11.1 Å². The average Bonchev–Trinajstić information content (AvgIpc) is 2.77. The van der Waals surface area contributed by atoms with Gasteiger partial charge in [-0.05, 0) is 37.1 Å². The molecule has 1 heterocycles. The lowest BCUT2D eigenvalue weighted by Crippen LogP contribution is -2.13. The number of nitrogens with zero attached hydrogens (tertiary/aromatic N) is 3. The van der Waals surface area contributed by atoms with Crippen LogP contribution < -0.4 is 11.1 Å². The first kappa shape index (κ1) is 23.1. The fourth-order valence-electron chi connectivity index (χ4n) is 3.11. The van der Waals surface area contributed by atoms with E-state index >= 15 is 0 Å². The SMILES string of the molecule is Cc1ccc(-c2c(C#N)c(N)nc(SCCC(=O)Nc3cccc(Cl)c3C)c2C#N)cc1. The Hall–Kier alpha value is -3.52. The van der Waals surface area contributed by atoms with E-state index in [0.29, 0.717) is 32.6 Å². The number of rotatable bonds is 6. The van der Waals surface area contributed by atoms with E-state index in [1.165, 1.54) is 11.8 Å². The summed E-state index contributed by atoms with van der Waals surface area (Å²) in [4.78, 5) is 16.7. The molecule has 1 amide bonds. The maximum Gasteiger partial charge on any atom is 0.225 e. The van der Waals surface area contributed by atoms with Crippen molar-refractivity contribution in [1.82, 2.24) is 4.98 Å². The van der Waals surface area contributed by atoms with Crippen molar-refractivity contribution in [3.05, 3.63) is 69.7 Å². The van der Waals surface area contributed by atoms with Gasteiger partial charge in [0.1, 0.15) is 28.5 Å². The highest BCUT2D eigenvalue weighted by molar-refractivity contribution is 7.99. The van der Waals surface area contributed by atoms with Gasteiger partial charge >= 0.3 is 0 Å². The minimum absolute atomic E-state index is 0.0589. The number of hydrogen-bond acceptors (Lipinski definition) is 6. The van der Waals surface area contributed by atoms with Crippen molar-refractivity contribution in [2.45, 2.75) is 25.3 Å². The number of thioether (sulfide) groups is 1. The van der Waals surface area contributed by atoms with Crippen LogP contribution in [0.15, 0.2) is 47.5 Å². The summed E-state index contributed by atoms with van der Waals surface area (Å²) in [6.07, 6.45) is 0.197. The first-order chi connectivity index (χ1) is 15.3. The Balaban J connectivity index is 1.82. The third-order valence-corrected chi connectivity index (χ3v) is 6.25. The van der Waals surface area contributed by atoms with E-state index in [1.807, 2.05) is 38.1 Å². The molecule has 0 aliphatic rings.